The minimum atomic E-state index is -0.202. The van der Waals surface area contributed by atoms with Crippen LogP contribution in [0.5, 0.6) is 5.75 Å². The third kappa shape index (κ3) is 2.85. The minimum Gasteiger partial charge on any atom is -0.497 e. The lowest BCUT2D eigenvalue weighted by atomic mass is 10.0. The van der Waals surface area contributed by atoms with Gasteiger partial charge in [0.25, 0.3) is 5.91 Å². The van der Waals surface area contributed by atoms with Crippen LogP contribution in [-0.4, -0.2) is 29.3 Å². The van der Waals surface area contributed by atoms with Crippen molar-refractivity contribution in [2.45, 2.75) is 24.8 Å². The molecule has 5 rings (SSSR count). The molecule has 3 aromatic rings. The molecule has 1 saturated carbocycles. The summed E-state index contributed by atoms with van der Waals surface area (Å²) in [5.41, 5.74) is 10.1. The van der Waals surface area contributed by atoms with Gasteiger partial charge in [-0.1, -0.05) is 12.1 Å². The van der Waals surface area contributed by atoms with Gasteiger partial charge in [-0.05, 0) is 61.2 Å². The second-order valence-corrected chi connectivity index (χ2v) is 7.81. The second kappa shape index (κ2) is 6.71. The van der Waals surface area contributed by atoms with Crippen molar-refractivity contribution < 1.29 is 9.53 Å². The number of carbonyl (C=O) groups excluding carboxylic acids is 1. The lowest BCUT2D eigenvalue weighted by Crippen LogP contribution is -2.38. The van der Waals surface area contributed by atoms with Crippen molar-refractivity contribution in [2.75, 3.05) is 18.6 Å². The Morgan fingerprint density at radius 3 is 2.37 bits per heavy atom. The molecule has 150 valence electrons. The number of benzene rings is 2. The van der Waals surface area contributed by atoms with Crippen LogP contribution in [0.1, 0.15) is 40.2 Å². The molecule has 1 aliphatic heterocycles. The van der Waals surface area contributed by atoms with Crippen molar-refractivity contribution in [3.63, 3.8) is 0 Å². The Balaban J connectivity index is 1.53. The molecule has 2 aromatic carbocycles. The van der Waals surface area contributed by atoms with Gasteiger partial charge in [0.15, 0.2) is 5.69 Å². The van der Waals surface area contributed by atoms with E-state index in [1.54, 1.807) is 28.8 Å². The van der Waals surface area contributed by atoms with Crippen molar-refractivity contribution in [3.05, 3.63) is 71.0 Å². The number of ether oxygens (including phenoxy) is 1. The predicted molar refractivity (Wildman–Crippen MR) is 112 cm³/mol. The van der Waals surface area contributed by atoms with Crippen LogP contribution in [0.2, 0.25) is 0 Å². The van der Waals surface area contributed by atoms with Crippen molar-refractivity contribution in [1.29, 1.82) is 5.26 Å². The van der Waals surface area contributed by atoms with Crippen molar-refractivity contribution >= 4 is 11.6 Å². The average Bonchev–Trinajstić information content (AvgIpc) is 3.42. The van der Waals surface area contributed by atoms with Gasteiger partial charge in [0.2, 0.25) is 0 Å². The molecule has 0 radical (unpaired) electrons. The lowest BCUT2D eigenvalue weighted by molar-refractivity contribution is 0.0973. The molecule has 7 nitrogen and oxygen atoms in total. The maximum Gasteiger partial charge on any atom is 0.277 e. The Morgan fingerprint density at radius 2 is 1.77 bits per heavy atom. The number of aromatic nitrogens is 2. The summed E-state index contributed by atoms with van der Waals surface area (Å²) in [4.78, 5) is 15.2. The molecule has 2 N–H and O–H groups in total. The van der Waals surface area contributed by atoms with Gasteiger partial charge in [-0.15, -0.1) is 0 Å². The van der Waals surface area contributed by atoms with E-state index in [0.717, 1.165) is 24.1 Å². The SMILES string of the molecule is COc1ccc(-n2nc(C#N)c3c2C(=O)N(c2ccc(C4(N)CC4)cc2)CC3)cc1. The van der Waals surface area contributed by atoms with Crippen LogP contribution in [0.3, 0.4) is 0 Å². The first-order valence-electron chi connectivity index (χ1n) is 9.92. The van der Waals surface area contributed by atoms with E-state index in [4.69, 9.17) is 10.5 Å². The summed E-state index contributed by atoms with van der Waals surface area (Å²) in [7, 11) is 1.60. The van der Waals surface area contributed by atoms with Crippen LogP contribution in [0.15, 0.2) is 48.5 Å². The third-order valence-electron chi connectivity index (χ3n) is 5.98. The summed E-state index contributed by atoms with van der Waals surface area (Å²) in [6, 6.07) is 17.3. The molecular weight excluding hydrogens is 378 g/mol. The third-order valence-corrected chi connectivity index (χ3v) is 5.98. The molecule has 7 heteroatoms. The Kier molecular flexibility index (Phi) is 4.12. The smallest absolute Gasteiger partial charge is 0.277 e. The standard InChI is InChI=1S/C23H21N5O2/c1-30-18-8-6-17(7-9-18)28-21-19(20(14-24)26-28)10-13-27(22(21)29)16-4-2-15(3-5-16)23(25)11-12-23/h2-9H,10-13,25H2,1H3. The van der Waals surface area contributed by atoms with Crippen molar-refractivity contribution in [3.8, 4) is 17.5 Å². The Morgan fingerprint density at radius 1 is 1.10 bits per heavy atom. The highest BCUT2D eigenvalue weighted by Crippen LogP contribution is 2.43. The van der Waals surface area contributed by atoms with E-state index >= 15 is 0 Å². The number of hydrogen-bond acceptors (Lipinski definition) is 5. The van der Waals surface area contributed by atoms with Gasteiger partial charge in [0, 0.05) is 23.3 Å². The number of methoxy groups -OCH3 is 1. The molecule has 30 heavy (non-hydrogen) atoms. The fourth-order valence-corrected chi connectivity index (χ4v) is 4.00. The topological polar surface area (TPSA) is 97.2 Å². The van der Waals surface area contributed by atoms with Gasteiger partial charge in [0.1, 0.15) is 17.5 Å². The summed E-state index contributed by atoms with van der Waals surface area (Å²) in [5, 5.41) is 14.0. The first-order valence-corrected chi connectivity index (χ1v) is 9.92. The number of rotatable bonds is 4. The van der Waals surface area contributed by atoms with Crippen molar-refractivity contribution in [2.24, 2.45) is 5.73 Å². The fraction of sp³-hybridized carbons (Fsp3) is 0.261. The van der Waals surface area contributed by atoms with Crippen LogP contribution >= 0.6 is 0 Å². The highest BCUT2D eigenvalue weighted by Gasteiger charge is 2.40. The van der Waals surface area contributed by atoms with Gasteiger partial charge >= 0.3 is 0 Å². The molecule has 0 atom stereocenters. The Bertz CT molecular complexity index is 1170. The average molecular weight is 399 g/mol. The molecule has 1 amide bonds. The predicted octanol–water partition coefficient (Wildman–Crippen LogP) is 2.90. The molecule has 0 unspecified atom stereocenters. The number of carbonyl (C=O) groups is 1. The molecule has 1 aromatic heterocycles. The molecule has 2 heterocycles. The maximum absolute atomic E-state index is 13.5. The zero-order chi connectivity index (χ0) is 20.9. The number of amides is 1. The molecular formula is C23H21N5O2. The van der Waals surface area contributed by atoms with E-state index in [1.165, 1.54) is 0 Å². The first-order chi connectivity index (χ1) is 14.5. The zero-order valence-electron chi connectivity index (χ0n) is 16.6. The van der Waals surface area contributed by atoms with Crippen LogP contribution < -0.4 is 15.4 Å². The second-order valence-electron chi connectivity index (χ2n) is 7.81. The van der Waals surface area contributed by atoms with E-state index in [2.05, 4.69) is 11.2 Å². The van der Waals surface area contributed by atoms with Gasteiger partial charge in [0.05, 0.1) is 12.8 Å². The quantitative estimate of drug-likeness (QED) is 0.728. The van der Waals surface area contributed by atoms with Gasteiger partial charge < -0.3 is 15.4 Å². The number of fused-ring (bicyclic) bond motifs is 1. The summed E-state index contributed by atoms with van der Waals surface area (Å²) in [6.45, 7) is 0.502. The molecule has 0 saturated heterocycles. The van der Waals surface area contributed by atoms with E-state index in [0.29, 0.717) is 41.4 Å². The van der Waals surface area contributed by atoms with Crippen LogP contribution in [0, 0.1) is 11.3 Å². The largest absolute Gasteiger partial charge is 0.497 e. The number of nitrogens with zero attached hydrogens (tertiary/aromatic N) is 4. The molecule has 1 fully saturated rings. The van der Waals surface area contributed by atoms with E-state index in [1.807, 2.05) is 36.4 Å². The normalized spacial score (nSPS) is 16.7. The summed E-state index contributed by atoms with van der Waals surface area (Å²) < 4.78 is 6.78. The van der Waals surface area contributed by atoms with Crippen LogP contribution in [0.25, 0.3) is 5.69 Å². The minimum absolute atomic E-state index is 0.164. The van der Waals surface area contributed by atoms with E-state index < -0.39 is 0 Å². The van der Waals surface area contributed by atoms with Gasteiger partial charge in [-0.2, -0.15) is 10.4 Å². The summed E-state index contributed by atoms with van der Waals surface area (Å²) in [6.07, 6.45) is 2.56. The number of nitriles is 1. The van der Waals surface area contributed by atoms with Crippen LogP contribution in [0.4, 0.5) is 5.69 Å². The monoisotopic (exact) mass is 399 g/mol. The summed E-state index contributed by atoms with van der Waals surface area (Å²) >= 11 is 0. The molecule has 2 aliphatic rings. The molecule has 0 bridgehead atoms. The maximum atomic E-state index is 13.5. The van der Waals surface area contributed by atoms with E-state index in [9.17, 15) is 10.1 Å². The Labute approximate surface area is 174 Å². The highest BCUT2D eigenvalue weighted by molar-refractivity contribution is 6.07. The highest BCUT2D eigenvalue weighted by atomic mass is 16.5. The number of anilines is 1. The number of nitrogens with two attached hydrogens (primary N) is 1. The zero-order valence-corrected chi connectivity index (χ0v) is 16.6. The molecule has 0 spiro atoms. The summed E-state index contributed by atoms with van der Waals surface area (Å²) in [5.74, 6) is 0.546. The van der Waals surface area contributed by atoms with Gasteiger partial charge in [-0.3, -0.25) is 4.79 Å². The van der Waals surface area contributed by atoms with E-state index in [-0.39, 0.29) is 11.4 Å². The van der Waals surface area contributed by atoms with Gasteiger partial charge in [-0.25, -0.2) is 4.68 Å². The lowest BCUT2D eigenvalue weighted by Gasteiger charge is -2.28. The molecule has 1 aliphatic carbocycles. The Hall–Kier alpha value is -3.63. The van der Waals surface area contributed by atoms with Crippen molar-refractivity contribution in [1.82, 2.24) is 9.78 Å². The van der Waals surface area contributed by atoms with Crippen LogP contribution in [-0.2, 0) is 12.0 Å². The number of hydrogen-bond donors (Lipinski definition) is 1. The first kappa shape index (κ1) is 18.4. The fourth-order valence-electron chi connectivity index (χ4n) is 4.00.